The van der Waals surface area contributed by atoms with Crippen LogP contribution in [0.5, 0.6) is 11.5 Å². The average molecular weight is 652 g/mol. The zero-order valence-electron chi connectivity index (χ0n) is 27.9. The van der Waals surface area contributed by atoms with Gasteiger partial charge in [-0.2, -0.15) is 0 Å². The molecule has 0 atom stereocenters. The van der Waals surface area contributed by atoms with Crippen molar-refractivity contribution in [2.24, 2.45) is 9.98 Å². The van der Waals surface area contributed by atoms with Crippen LogP contribution >= 0.6 is 0 Å². The minimum Gasteiger partial charge on any atom is -0.873 e. The van der Waals surface area contributed by atoms with Crippen LogP contribution in [0.15, 0.2) is 82.8 Å². The van der Waals surface area contributed by atoms with E-state index in [1.807, 2.05) is 81.4 Å². The van der Waals surface area contributed by atoms with E-state index in [1.165, 1.54) is 70.3 Å². The van der Waals surface area contributed by atoms with Crippen molar-refractivity contribution in [1.29, 1.82) is 0 Å². The number of benzene rings is 3. The summed E-state index contributed by atoms with van der Waals surface area (Å²) in [6.45, 7) is 8.10. The van der Waals surface area contributed by atoms with Crippen LogP contribution in [0, 0.1) is 18.8 Å². The van der Waals surface area contributed by atoms with Crippen LogP contribution in [0.1, 0.15) is 115 Å². The Hall–Kier alpha value is -3.35. The molecule has 0 aliphatic carbocycles. The Labute approximate surface area is 283 Å². The molecule has 0 fully saturated rings. The summed E-state index contributed by atoms with van der Waals surface area (Å²) in [5.74, 6) is 5.93. The molecular formula is C40H52N2NiO2. The Morgan fingerprint density at radius 2 is 1.18 bits per heavy atom. The number of nitrogens with zero attached hydrogens (tertiary/aromatic N) is 2. The molecule has 0 heterocycles. The normalized spacial score (nSPS) is 11.1. The molecule has 45 heavy (non-hydrogen) atoms. The van der Waals surface area contributed by atoms with Gasteiger partial charge in [-0.25, -0.2) is 4.99 Å². The Morgan fingerprint density at radius 1 is 0.667 bits per heavy atom. The summed E-state index contributed by atoms with van der Waals surface area (Å²) in [5, 5.41) is 22.2. The van der Waals surface area contributed by atoms with Crippen LogP contribution in [-0.2, 0) is 22.9 Å². The van der Waals surface area contributed by atoms with Gasteiger partial charge in [-0.3, -0.25) is 4.99 Å². The van der Waals surface area contributed by atoms with E-state index in [-0.39, 0.29) is 28.0 Å². The number of hydrogen-bond donors (Lipinski definition) is 0. The van der Waals surface area contributed by atoms with E-state index >= 15 is 0 Å². The largest absolute Gasteiger partial charge is 2.00 e. The Morgan fingerprint density at radius 3 is 1.71 bits per heavy atom. The number of para-hydroxylation sites is 2. The van der Waals surface area contributed by atoms with Crippen LogP contribution < -0.4 is 10.2 Å². The van der Waals surface area contributed by atoms with E-state index in [1.54, 1.807) is 6.07 Å². The smallest absolute Gasteiger partial charge is 0.873 e. The van der Waals surface area contributed by atoms with Crippen molar-refractivity contribution < 1.29 is 26.7 Å². The first-order chi connectivity index (χ1) is 21.4. The first-order valence-electron chi connectivity index (χ1n) is 16.7. The summed E-state index contributed by atoms with van der Waals surface area (Å²) in [6, 6.07) is 23.2. The van der Waals surface area contributed by atoms with E-state index in [0.29, 0.717) is 12.0 Å². The summed E-state index contributed by atoms with van der Waals surface area (Å²) >= 11 is 0. The second kappa shape index (κ2) is 24.9. The molecule has 0 saturated carbocycles. The first kappa shape index (κ1) is 39.7. The Kier molecular flexibility index (Phi) is 22.0. The zero-order chi connectivity index (χ0) is 31.8. The summed E-state index contributed by atoms with van der Waals surface area (Å²) in [6.07, 6.45) is 17.4. The van der Waals surface area contributed by atoms with Gasteiger partial charge in [0.25, 0.3) is 0 Å². The summed E-state index contributed by atoms with van der Waals surface area (Å²) in [4.78, 5) is 9.48. The minimum absolute atomic E-state index is 0. The topological polar surface area (TPSA) is 70.8 Å². The molecule has 0 radical (unpaired) electrons. The standard InChI is InChI=1S/C30H40N2.C10H14O2.Ni/c1-3-4-5-6-7-8-9-10-11-12-13-14-21-26-30(32-29-24-19-16-20-25-29)27(2)31-28-22-17-15-18-23-28;1-3-4-8-5-7(2)6-9(11)10(8)12;/h15-20,22-25H,3-14H2,1-2H3;5-6,11-12H,3-4H2,1-2H3;/q;;+2/p-2. The summed E-state index contributed by atoms with van der Waals surface area (Å²) in [5.41, 5.74) is 4.98. The van der Waals surface area contributed by atoms with E-state index in [2.05, 4.69) is 18.8 Å². The molecule has 0 N–H and O–H groups in total. The predicted octanol–water partition coefficient (Wildman–Crippen LogP) is 10.3. The molecule has 0 amide bonds. The fraction of sp³-hybridized carbons (Fsp3) is 0.450. The number of aryl methyl sites for hydroxylation is 2. The molecule has 3 aromatic carbocycles. The van der Waals surface area contributed by atoms with E-state index in [0.717, 1.165) is 47.6 Å². The van der Waals surface area contributed by atoms with Gasteiger partial charge in [0.2, 0.25) is 0 Å². The van der Waals surface area contributed by atoms with Gasteiger partial charge < -0.3 is 10.2 Å². The van der Waals surface area contributed by atoms with Crippen molar-refractivity contribution in [3.63, 3.8) is 0 Å². The van der Waals surface area contributed by atoms with Crippen molar-refractivity contribution in [1.82, 2.24) is 0 Å². The average Bonchev–Trinajstić information content (AvgIpc) is 3.02. The predicted molar refractivity (Wildman–Crippen MR) is 186 cm³/mol. The quantitative estimate of drug-likeness (QED) is 0.0669. The van der Waals surface area contributed by atoms with Crippen LogP contribution in [0.4, 0.5) is 11.4 Å². The molecule has 0 aliphatic heterocycles. The summed E-state index contributed by atoms with van der Waals surface area (Å²) in [7, 11) is 0. The number of unbranched alkanes of at least 4 members (excludes halogenated alkanes) is 11. The molecule has 0 bridgehead atoms. The van der Waals surface area contributed by atoms with Crippen LogP contribution in [0.2, 0.25) is 0 Å². The molecule has 0 aromatic heterocycles. The van der Waals surface area contributed by atoms with Gasteiger partial charge in [0.15, 0.2) is 0 Å². The Bertz CT molecular complexity index is 1320. The summed E-state index contributed by atoms with van der Waals surface area (Å²) < 4.78 is 0. The van der Waals surface area contributed by atoms with E-state index in [9.17, 15) is 10.2 Å². The Balaban J connectivity index is 0.000000653. The monoisotopic (exact) mass is 650 g/mol. The molecule has 0 unspecified atom stereocenters. The third-order valence-corrected chi connectivity index (χ3v) is 7.30. The van der Waals surface area contributed by atoms with Gasteiger partial charge in [0, 0.05) is 6.42 Å². The molecule has 3 rings (SSSR count). The van der Waals surface area contributed by atoms with Crippen LogP contribution in [0.3, 0.4) is 0 Å². The third kappa shape index (κ3) is 17.7. The van der Waals surface area contributed by atoms with Gasteiger partial charge >= 0.3 is 16.5 Å². The third-order valence-electron chi connectivity index (χ3n) is 7.30. The van der Waals surface area contributed by atoms with Crippen molar-refractivity contribution >= 4 is 22.8 Å². The second-order valence-corrected chi connectivity index (χ2v) is 11.4. The van der Waals surface area contributed by atoms with E-state index in [4.69, 9.17) is 9.98 Å². The molecular weight excluding hydrogens is 599 g/mol. The molecule has 0 aliphatic rings. The van der Waals surface area contributed by atoms with Crippen molar-refractivity contribution in [3.8, 4) is 23.3 Å². The molecule has 4 nitrogen and oxygen atoms in total. The van der Waals surface area contributed by atoms with Crippen molar-refractivity contribution in [2.75, 3.05) is 0 Å². The molecule has 244 valence electrons. The molecule has 0 saturated heterocycles. The fourth-order valence-corrected chi connectivity index (χ4v) is 4.87. The number of rotatable bonds is 16. The zero-order valence-corrected chi connectivity index (χ0v) is 28.8. The van der Waals surface area contributed by atoms with Gasteiger partial charge in [-0.05, 0) is 56.9 Å². The maximum absolute atomic E-state index is 11.2. The minimum atomic E-state index is -0.376. The number of hydrogen-bond acceptors (Lipinski definition) is 4. The van der Waals surface area contributed by atoms with Gasteiger partial charge in [0.1, 0.15) is 5.71 Å². The molecule has 3 aromatic rings. The molecule has 0 spiro atoms. The van der Waals surface area contributed by atoms with Crippen molar-refractivity contribution in [3.05, 3.63) is 83.9 Å². The van der Waals surface area contributed by atoms with Crippen LogP contribution in [0.25, 0.3) is 0 Å². The van der Waals surface area contributed by atoms with Gasteiger partial charge in [-0.15, -0.1) is 11.5 Å². The van der Waals surface area contributed by atoms with E-state index < -0.39 is 0 Å². The first-order valence-corrected chi connectivity index (χ1v) is 16.7. The SMILES string of the molecule is CCCCCCCCCCCCCC#CC(=Nc1ccccc1)C(C)=Nc1ccccc1.CCCc1cc(C)cc([O-])c1[O-].[Ni+2]. The van der Waals surface area contributed by atoms with Gasteiger partial charge in [-0.1, -0.05) is 150 Å². The fourth-order valence-electron chi connectivity index (χ4n) is 4.87. The molecule has 5 heteroatoms. The maximum atomic E-state index is 11.2. The van der Waals surface area contributed by atoms with Gasteiger partial charge in [0.05, 0.1) is 17.1 Å². The second-order valence-electron chi connectivity index (χ2n) is 11.4. The maximum Gasteiger partial charge on any atom is 2.00 e. The number of aliphatic imine (C=N–C) groups is 2. The van der Waals surface area contributed by atoms with Crippen molar-refractivity contribution in [2.45, 2.75) is 118 Å². The van der Waals surface area contributed by atoms with Crippen LogP contribution in [-0.4, -0.2) is 11.4 Å².